The molecule has 0 radical (unpaired) electrons. The van der Waals surface area contributed by atoms with E-state index in [-0.39, 0.29) is 11.8 Å². The number of hydrogen-bond donors (Lipinski definition) is 2. The maximum atomic E-state index is 9.59. The van der Waals surface area contributed by atoms with Crippen LogP contribution in [0.2, 0.25) is 4.34 Å². The zero-order chi connectivity index (χ0) is 16.7. The van der Waals surface area contributed by atoms with E-state index in [1.807, 2.05) is 36.4 Å². The smallest absolute Gasteiger partial charge is 0.244 e. The summed E-state index contributed by atoms with van der Waals surface area (Å²) < 4.78 is 6.13. The fourth-order valence-corrected chi connectivity index (χ4v) is 4.15. The molecule has 0 saturated heterocycles. The summed E-state index contributed by atoms with van der Waals surface area (Å²) in [5.41, 5.74) is 2.54. The molecule has 118 valence electrons. The summed E-state index contributed by atoms with van der Waals surface area (Å²) in [5.74, 6) is -0.796. The number of rotatable bonds is 2. The predicted octanol–water partition coefficient (Wildman–Crippen LogP) is 4.43. The van der Waals surface area contributed by atoms with E-state index in [2.05, 4.69) is 16.3 Å². The third-order valence-electron chi connectivity index (χ3n) is 4.00. The molecule has 1 aromatic carbocycles. The standard InChI is InChI=1S/C17H11ClN4OS/c18-12-7-6-11(24-12)13-10(8-19)16(20)23-17-14(13)15(21-22-17)9-4-2-1-3-5-9/h1-7,10,13,20H,(H,21,22). The Hall–Kier alpha value is -2.62. The van der Waals surface area contributed by atoms with Gasteiger partial charge in [-0.25, -0.2) is 0 Å². The number of halogens is 1. The van der Waals surface area contributed by atoms with Gasteiger partial charge < -0.3 is 4.74 Å². The molecule has 0 amide bonds. The summed E-state index contributed by atoms with van der Waals surface area (Å²) >= 11 is 7.50. The molecule has 5 nitrogen and oxygen atoms in total. The highest BCUT2D eigenvalue weighted by atomic mass is 35.5. The number of benzene rings is 1. The lowest BCUT2D eigenvalue weighted by atomic mass is 9.82. The number of aromatic amines is 1. The first kappa shape index (κ1) is 14.9. The SMILES string of the molecule is N#CC1C(=N)Oc2n[nH]c(-c3ccccc3)c2C1c1ccc(Cl)s1. The Morgan fingerprint density at radius 3 is 2.71 bits per heavy atom. The van der Waals surface area contributed by atoms with Gasteiger partial charge >= 0.3 is 0 Å². The van der Waals surface area contributed by atoms with Crippen molar-refractivity contribution in [1.29, 1.82) is 10.7 Å². The van der Waals surface area contributed by atoms with Gasteiger partial charge in [0.15, 0.2) is 0 Å². The van der Waals surface area contributed by atoms with Crippen molar-refractivity contribution in [3.8, 4) is 23.2 Å². The van der Waals surface area contributed by atoms with E-state index in [0.717, 1.165) is 21.7 Å². The topological polar surface area (TPSA) is 85.6 Å². The Kier molecular flexibility index (Phi) is 3.60. The van der Waals surface area contributed by atoms with Gasteiger partial charge in [0.1, 0.15) is 5.92 Å². The summed E-state index contributed by atoms with van der Waals surface area (Å²) in [6.07, 6.45) is 0. The average Bonchev–Trinajstić information content (AvgIpc) is 3.20. The van der Waals surface area contributed by atoms with Crippen molar-refractivity contribution in [3.63, 3.8) is 0 Å². The largest absolute Gasteiger partial charge is 0.422 e. The number of hydrogen-bond acceptors (Lipinski definition) is 5. The summed E-state index contributed by atoms with van der Waals surface area (Å²) in [6.45, 7) is 0. The Bertz CT molecular complexity index is 957. The van der Waals surface area contributed by atoms with Crippen molar-refractivity contribution in [3.05, 3.63) is 57.2 Å². The van der Waals surface area contributed by atoms with E-state index in [1.54, 1.807) is 6.07 Å². The zero-order valence-corrected chi connectivity index (χ0v) is 13.9. The lowest BCUT2D eigenvalue weighted by Gasteiger charge is -2.27. The highest BCUT2D eigenvalue weighted by Crippen LogP contribution is 2.47. The monoisotopic (exact) mass is 354 g/mol. The Morgan fingerprint density at radius 2 is 2.04 bits per heavy atom. The van der Waals surface area contributed by atoms with Gasteiger partial charge in [0.25, 0.3) is 0 Å². The molecule has 1 aliphatic rings. The van der Waals surface area contributed by atoms with E-state index < -0.39 is 5.92 Å². The third-order valence-corrected chi connectivity index (χ3v) is 5.32. The summed E-state index contributed by atoms with van der Waals surface area (Å²) in [7, 11) is 0. The summed E-state index contributed by atoms with van der Waals surface area (Å²) in [5, 5.41) is 24.8. The van der Waals surface area contributed by atoms with Crippen LogP contribution in [0.15, 0.2) is 42.5 Å². The van der Waals surface area contributed by atoms with E-state index in [0.29, 0.717) is 10.2 Å². The molecule has 3 heterocycles. The maximum Gasteiger partial charge on any atom is 0.244 e. The minimum absolute atomic E-state index is 0.0920. The van der Waals surface area contributed by atoms with Crippen LogP contribution in [0, 0.1) is 22.7 Å². The van der Waals surface area contributed by atoms with Crippen LogP contribution in [-0.4, -0.2) is 16.1 Å². The molecule has 0 aliphatic carbocycles. The molecule has 3 aromatic rings. The number of nitrogens with zero attached hydrogens (tertiary/aromatic N) is 2. The van der Waals surface area contributed by atoms with E-state index in [4.69, 9.17) is 21.7 Å². The predicted molar refractivity (Wildman–Crippen MR) is 92.7 cm³/mol. The second-order valence-corrected chi connectivity index (χ2v) is 7.12. The van der Waals surface area contributed by atoms with Gasteiger partial charge in [-0.2, -0.15) is 5.26 Å². The van der Waals surface area contributed by atoms with Crippen LogP contribution in [0.25, 0.3) is 11.3 Å². The fourth-order valence-electron chi connectivity index (χ4n) is 2.95. The number of nitrogens with one attached hydrogen (secondary N) is 2. The number of nitriles is 1. The average molecular weight is 355 g/mol. The van der Waals surface area contributed by atoms with Gasteiger partial charge in [0, 0.05) is 4.88 Å². The number of fused-ring (bicyclic) bond motifs is 1. The molecular weight excluding hydrogens is 344 g/mol. The molecular formula is C17H11ClN4OS. The van der Waals surface area contributed by atoms with Crippen LogP contribution in [0.5, 0.6) is 5.88 Å². The van der Waals surface area contributed by atoms with Gasteiger partial charge in [0.05, 0.1) is 27.6 Å². The lowest BCUT2D eigenvalue weighted by molar-refractivity contribution is 0.439. The minimum atomic E-state index is -0.715. The van der Waals surface area contributed by atoms with Crippen LogP contribution in [0.1, 0.15) is 16.4 Å². The molecule has 4 rings (SSSR count). The van der Waals surface area contributed by atoms with Crippen molar-refractivity contribution < 1.29 is 4.74 Å². The number of aromatic nitrogens is 2. The van der Waals surface area contributed by atoms with Gasteiger partial charge in [-0.15, -0.1) is 16.4 Å². The molecule has 2 atom stereocenters. The molecule has 1 aliphatic heterocycles. The van der Waals surface area contributed by atoms with Crippen molar-refractivity contribution in [2.45, 2.75) is 5.92 Å². The van der Waals surface area contributed by atoms with Crippen LogP contribution in [0.3, 0.4) is 0 Å². The first-order valence-electron chi connectivity index (χ1n) is 7.24. The van der Waals surface area contributed by atoms with Gasteiger partial charge in [-0.1, -0.05) is 41.9 Å². The summed E-state index contributed by atoms with van der Waals surface area (Å²) in [4.78, 5) is 0.916. The molecule has 0 spiro atoms. The number of ether oxygens (including phenoxy) is 1. The van der Waals surface area contributed by atoms with Crippen LogP contribution in [-0.2, 0) is 0 Å². The van der Waals surface area contributed by atoms with E-state index in [9.17, 15) is 5.26 Å². The Labute approximate surface area is 147 Å². The van der Waals surface area contributed by atoms with Gasteiger partial charge in [-0.3, -0.25) is 10.5 Å². The number of H-pyrrole nitrogens is 1. The first-order valence-corrected chi connectivity index (χ1v) is 8.43. The van der Waals surface area contributed by atoms with Crippen LogP contribution in [0.4, 0.5) is 0 Å². The molecule has 24 heavy (non-hydrogen) atoms. The molecule has 0 saturated carbocycles. The van der Waals surface area contributed by atoms with Crippen molar-refractivity contribution in [1.82, 2.24) is 10.2 Å². The third kappa shape index (κ3) is 2.30. The fraction of sp³-hybridized carbons (Fsp3) is 0.118. The van der Waals surface area contributed by atoms with Crippen LogP contribution >= 0.6 is 22.9 Å². The summed E-state index contributed by atoms with van der Waals surface area (Å²) in [6, 6.07) is 15.6. The van der Waals surface area contributed by atoms with Gasteiger partial charge in [-0.05, 0) is 17.7 Å². The Balaban J connectivity index is 1.94. The first-order chi connectivity index (χ1) is 11.7. The van der Waals surface area contributed by atoms with E-state index >= 15 is 0 Å². The van der Waals surface area contributed by atoms with E-state index in [1.165, 1.54) is 11.3 Å². The van der Waals surface area contributed by atoms with Crippen molar-refractivity contribution in [2.24, 2.45) is 5.92 Å². The normalized spacial score (nSPS) is 19.4. The van der Waals surface area contributed by atoms with Crippen molar-refractivity contribution in [2.75, 3.05) is 0 Å². The minimum Gasteiger partial charge on any atom is -0.422 e. The number of thiophene rings is 1. The van der Waals surface area contributed by atoms with Crippen molar-refractivity contribution >= 4 is 28.8 Å². The lowest BCUT2D eigenvalue weighted by Crippen LogP contribution is -2.30. The molecule has 0 fully saturated rings. The highest BCUT2D eigenvalue weighted by Gasteiger charge is 2.41. The highest BCUT2D eigenvalue weighted by molar-refractivity contribution is 7.16. The van der Waals surface area contributed by atoms with Gasteiger partial charge in [0.2, 0.25) is 11.8 Å². The molecule has 2 N–H and O–H groups in total. The molecule has 2 aromatic heterocycles. The maximum absolute atomic E-state index is 9.59. The second-order valence-electron chi connectivity index (χ2n) is 5.38. The van der Waals surface area contributed by atoms with Crippen LogP contribution < -0.4 is 4.74 Å². The molecule has 0 bridgehead atoms. The second kappa shape index (κ2) is 5.78. The quantitative estimate of drug-likeness (QED) is 0.713. The molecule has 2 unspecified atom stereocenters. The Morgan fingerprint density at radius 1 is 1.25 bits per heavy atom. The zero-order valence-electron chi connectivity index (χ0n) is 12.3. The molecule has 7 heteroatoms.